The second-order valence-electron chi connectivity index (χ2n) is 6.24. The summed E-state index contributed by atoms with van der Waals surface area (Å²) in [6.45, 7) is 3.77. The summed E-state index contributed by atoms with van der Waals surface area (Å²) in [7, 11) is 0. The topological polar surface area (TPSA) is 49.4 Å². The van der Waals surface area contributed by atoms with Gasteiger partial charge in [-0.05, 0) is 49.2 Å². The minimum atomic E-state index is -0.491. The number of benzene rings is 2. The van der Waals surface area contributed by atoms with Gasteiger partial charge in [0.1, 0.15) is 5.82 Å². The van der Waals surface area contributed by atoms with Gasteiger partial charge in [0.15, 0.2) is 0 Å². The Morgan fingerprint density at radius 3 is 2.76 bits per heavy atom. The maximum Gasteiger partial charge on any atom is 0.229 e. The van der Waals surface area contributed by atoms with Gasteiger partial charge in [-0.25, -0.2) is 4.39 Å². The Bertz CT molecular complexity index is 853. The molecule has 1 heterocycles. The van der Waals surface area contributed by atoms with Crippen molar-refractivity contribution >= 4 is 34.8 Å². The summed E-state index contributed by atoms with van der Waals surface area (Å²) < 4.78 is 13.6. The van der Waals surface area contributed by atoms with Crippen molar-refractivity contribution in [2.24, 2.45) is 5.92 Å². The minimum Gasteiger partial charge on any atom is -0.326 e. The maximum atomic E-state index is 13.6. The third-order valence-electron chi connectivity index (χ3n) is 4.47. The lowest BCUT2D eigenvalue weighted by Gasteiger charge is -2.19. The van der Waals surface area contributed by atoms with Crippen molar-refractivity contribution in [2.45, 2.75) is 20.3 Å². The van der Waals surface area contributed by atoms with E-state index < -0.39 is 5.92 Å². The Labute approximate surface area is 150 Å². The van der Waals surface area contributed by atoms with Gasteiger partial charge in [0, 0.05) is 29.4 Å². The molecule has 0 saturated carbocycles. The predicted molar refractivity (Wildman–Crippen MR) is 96.4 cm³/mol. The molecule has 2 aromatic rings. The molecule has 6 heteroatoms. The van der Waals surface area contributed by atoms with Crippen molar-refractivity contribution < 1.29 is 14.0 Å². The fourth-order valence-corrected chi connectivity index (χ4v) is 3.09. The SMILES string of the molecule is Cc1ccc(NC(=O)[C@@H]2CC(=O)N(c3cccc(Cl)c3C)C2)cc1F. The van der Waals surface area contributed by atoms with Gasteiger partial charge in [-0.15, -0.1) is 0 Å². The number of halogens is 2. The molecule has 1 aliphatic heterocycles. The van der Waals surface area contributed by atoms with Crippen LogP contribution in [0.2, 0.25) is 5.02 Å². The van der Waals surface area contributed by atoms with Gasteiger partial charge < -0.3 is 10.2 Å². The normalized spacial score (nSPS) is 17.0. The zero-order valence-corrected chi connectivity index (χ0v) is 14.7. The van der Waals surface area contributed by atoms with Crippen molar-refractivity contribution in [1.29, 1.82) is 0 Å². The number of aryl methyl sites for hydroxylation is 1. The van der Waals surface area contributed by atoms with E-state index in [-0.39, 0.29) is 30.6 Å². The third-order valence-corrected chi connectivity index (χ3v) is 4.87. The lowest BCUT2D eigenvalue weighted by atomic mass is 10.1. The Kier molecular flexibility index (Phi) is 4.77. The number of hydrogen-bond acceptors (Lipinski definition) is 2. The lowest BCUT2D eigenvalue weighted by molar-refractivity contribution is -0.122. The second kappa shape index (κ2) is 6.84. The average Bonchev–Trinajstić information content (AvgIpc) is 2.95. The number of nitrogens with one attached hydrogen (secondary N) is 1. The average molecular weight is 361 g/mol. The maximum absolute atomic E-state index is 13.6. The van der Waals surface area contributed by atoms with Gasteiger partial charge >= 0.3 is 0 Å². The molecule has 1 N–H and O–H groups in total. The Morgan fingerprint density at radius 2 is 2.04 bits per heavy atom. The van der Waals surface area contributed by atoms with Gasteiger partial charge in [0.05, 0.1) is 5.92 Å². The number of anilines is 2. The van der Waals surface area contributed by atoms with E-state index in [2.05, 4.69) is 5.32 Å². The van der Waals surface area contributed by atoms with Crippen LogP contribution in [0.4, 0.5) is 15.8 Å². The molecular formula is C19H18ClFN2O2. The van der Waals surface area contributed by atoms with Gasteiger partial charge in [-0.2, -0.15) is 0 Å². The fraction of sp³-hybridized carbons (Fsp3) is 0.263. The van der Waals surface area contributed by atoms with Crippen LogP contribution in [0.5, 0.6) is 0 Å². The molecule has 1 saturated heterocycles. The number of amides is 2. The van der Waals surface area contributed by atoms with Crippen LogP contribution in [0.15, 0.2) is 36.4 Å². The van der Waals surface area contributed by atoms with E-state index in [4.69, 9.17) is 11.6 Å². The van der Waals surface area contributed by atoms with Gasteiger partial charge in [-0.1, -0.05) is 23.7 Å². The molecule has 0 bridgehead atoms. The van der Waals surface area contributed by atoms with Gasteiger partial charge in [-0.3, -0.25) is 9.59 Å². The largest absolute Gasteiger partial charge is 0.326 e. The summed E-state index contributed by atoms with van der Waals surface area (Å²) in [5.41, 5.74) is 2.42. The van der Waals surface area contributed by atoms with Crippen molar-refractivity contribution in [2.75, 3.05) is 16.8 Å². The highest BCUT2D eigenvalue weighted by Gasteiger charge is 2.35. The minimum absolute atomic E-state index is 0.117. The van der Waals surface area contributed by atoms with Crippen molar-refractivity contribution in [3.63, 3.8) is 0 Å². The Morgan fingerprint density at radius 1 is 1.28 bits per heavy atom. The molecule has 0 aliphatic carbocycles. The molecule has 0 radical (unpaired) electrons. The quantitative estimate of drug-likeness (QED) is 0.896. The molecule has 2 amide bonds. The highest BCUT2D eigenvalue weighted by Crippen LogP contribution is 2.31. The number of carbonyl (C=O) groups is 2. The van der Waals surface area contributed by atoms with Crippen LogP contribution in [0.1, 0.15) is 17.5 Å². The summed E-state index contributed by atoms with van der Waals surface area (Å²) in [4.78, 5) is 26.4. The van der Waals surface area contributed by atoms with Crippen LogP contribution in [0.3, 0.4) is 0 Å². The molecule has 25 heavy (non-hydrogen) atoms. The second-order valence-corrected chi connectivity index (χ2v) is 6.65. The van der Waals surface area contributed by atoms with E-state index in [9.17, 15) is 14.0 Å². The first-order valence-electron chi connectivity index (χ1n) is 7.99. The first-order chi connectivity index (χ1) is 11.9. The molecule has 1 atom stereocenters. The Balaban J connectivity index is 1.74. The van der Waals surface area contributed by atoms with E-state index in [1.54, 1.807) is 36.1 Å². The molecule has 0 spiro atoms. The molecule has 0 aromatic heterocycles. The van der Waals surface area contributed by atoms with Crippen LogP contribution in [-0.4, -0.2) is 18.4 Å². The Hall–Kier alpha value is -2.40. The number of hydrogen-bond donors (Lipinski definition) is 1. The summed E-state index contributed by atoms with van der Waals surface area (Å²) in [6, 6.07) is 9.88. The monoisotopic (exact) mass is 360 g/mol. The van der Waals surface area contributed by atoms with E-state index in [1.165, 1.54) is 6.07 Å². The third kappa shape index (κ3) is 3.51. The van der Waals surface area contributed by atoms with E-state index in [1.807, 2.05) is 13.0 Å². The molecule has 0 unspecified atom stereocenters. The molecule has 1 aliphatic rings. The zero-order valence-electron chi connectivity index (χ0n) is 14.0. The molecular weight excluding hydrogens is 343 g/mol. The number of carbonyl (C=O) groups excluding carboxylic acids is 2. The number of rotatable bonds is 3. The standard InChI is InChI=1S/C19H18ClFN2O2/c1-11-6-7-14(9-16(11)21)22-19(25)13-8-18(24)23(10-13)17-5-3-4-15(20)12(17)2/h3-7,9,13H,8,10H2,1-2H3,(H,22,25)/t13-/m1/s1. The molecule has 3 rings (SSSR count). The smallest absolute Gasteiger partial charge is 0.229 e. The molecule has 2 aromatic carbocycles. The summed E-state index contributed by atoms with van der Waals surface area (Å²) >= 11 is 6.12. The predicted octanol–water partition coefficient (Wildman–Crippen LogP) is 4.09. The summed E-state index contributed by atoms with van der Waals surface area (Å²) in [5.74, 6) is -1.29. The highest BCUT2D eigenvalue weighted by molar-refractivity contribution is 6.31. The van der Waals surface area contributed by atoms with Gasteiger partial charge in [0.2, 0.25) is 11.8 Å². The van der Waals surface area contributed by atoms with Crippen LogP contribution >= 0.6 is 11.6 Å². The van der Waals surface area contributed by atoms with Crippen LogP contribution in [0, 0.1) is 25.6 Å². The van der Waals surface area contributed by atoms with Gasteiger partial charge in [0.25, 0.3) is 0 Å². The first kappa shape index (κ1) is 17.4. The van der Waals surface area contributed by atoms with Crippen LogP contribution in [0.25, 0.3) is 0 Å². The van der Waals surface area contributed by atoms with E-state index in [0.717, 1.165) is 5.56 Å². The first-order valence-corrected chi connectivity index (χ1v) is 8.37. The summed E-state index contributed by atoms with van der Waals surface area (Å²) in [5, 5.41) is 3.26. The highest BCUT2D eigenvalue weighted by atomic mass is 35.5. The van der Waals surface area contributed by atoms with E-state index >= 15 is 0 Å². The number of nitrogens with zero attached hydrogens (tertiary/aromatic N) is 1. The fourth-order valence-electron chi connectivity index (χ4n) is 2.92. The van der Waals surface area contributed by atoms with Crippen LogP contribution in [-0.2, 0) is 9.59 Å². The summed E-state index contributed by atoms with van der Waals surface area (Å²) in [6.07, 6.45) is 0.117. The van der Waals surface area contributed by atoms with Crippen molar-refractivity contribution in [3.05, 3.63) is 58.4 Å². The molecule has 1 fully saturated rings. The zero-order chi connectivity index (χ0) is 18.1. The van der Waals surface area contributed by atoms with E-state index in [0.29, 0.717) is 22.0 Å². The lowest BCUT2D eigenvalue weighted by Crippen LogP contribution is -2.28. The molecule has 130 valence electrons. The van der Waals surface area contributed by atoms with Crippen molar-refractivity contribution in [1.82, 2.24) is 0 Å². The van der Waals surface area contributed by atoms with Crippen molar-refractivity contribution in [3.8, 4) is 0 Å². The van der Waals surface area contributed by atoms with Crippen LogP contribution < -0.4 is 10.2 Å². The molecule has 4 nitrogen and oxygen atoms in total.